The molecule has 0 aliphatic rings. The van der Waals surface area contributed by atoms with Gasteiger partial charge in [0.15, 0.2) is 16.6 Å². The molecule has 104 valence electrons. The van der Waals surface area contributed by atoms with Crippen molar-refractivity contribution < 1.29 is 4.42 Å². The monoisotopic (exact) mass is 298 g/mol. The van der Waals surface area contributed by atoms with Gasteiger partial charge >= 0.3 is 0 Å². The predicted molar refractivity (Wildman–Crippen MR) is 80.5 cm³/mol. The smallest absolute Gasteiger partial charge is 0.220 e. The number of fused-ring (bicyclic) bond motifs is 2. The molecule has 4 aromatic rings. The van der Waals surface area contributed by atoms with E-state index in [1.165, 1.54) is 0 Å². The lowest BCUT2D eigenvalue weighted by Crippen LogP contribution is -1.99. The third-order valence-electron chi connectivity index (χ3n) is 3.68. The average Bonchev–Trinajstić information content (AvgIpc) is 3.07. The number of hydrogen-bond acceptors (Lipinski definition) is 4. The number of rotatable bonds is 1. The maximum absolute atomic E-state index is 6.17. The molecule has 0 N–H and O–H groups in total. The van der Waals surface area contributed by atoms with Crippen LogP contribution in [0.5, 0.6) is 0 Å². The lowest BCUT2D eigenvalue weighted by molar-refractivity contribution is 0.621. The summed E-state index contributed by atoms with van der Waals surface area (Å²) in [4.78, 5) is 0. The van der Waals surface area contributed by atoms with E-state index in [2.05, 4.69) is 15.3 Å². The summed E-state index contributed by atoms with van der Waals surface area (Å²) < 4.78 is 7.45. The molecule has 3 aromatic heterocycles. The number of nitrogens with zero attached hydrogens (tertiary/aromatic N) is 4. The maximum atomic E-state index is 6.17. The topological polar surface area (TPSA) is 56.2 Å². The van der Waals surface area contributed by atoms with E-state index in [4.69, 9.17) is 16.0 Å². The molecule has 0 atom stereocenters. The highest BCUT2D eigenvalue weighted by atomic mass is 35.5. The highest BCUT2D eigenvalue weighted by Gasteiger charge is 2.17. The van der Waals surface area contributed by atoms with E-state index in [0.29, 0.717) is 22.4 Å². The van der Waals surface area contributed by atoms with Crippen molar-refractivity contribution in [3.05, 3.63) is 46.6 Å². The van der Waals surface area contributed by atoms with Gasteiger partial charge < -0.3 is 4.42 Å². The lowest BCUT2D eigenvalue weighted by atomic mass is 10.2. The fourth-order valence-electron chi connectivity index (χ4n) is 2.34. The van der Waals surface area contributed by atoms with Crippen LogP contribution in [0.25, 0.3) is 28.2 Å². The molecular weight excluding hydrogens is 288 g/mol. The Hall–Kier alpha value is -2.40. The van der Waals surface area contributed by atoms with Crippen molar-refractivity contribution in [2.24, 2.45) is 0 Å². The van der Waals surface area contributed by atoms with Gasteiger partial charge in [0, 0.05) is 10.9 Å². The van der Waals surface area contributed by atoms with Crippen molar-refractivity contribution in [3.63, 3.8) is 0 Å². The lowest BCUT2D eigenvalue weighted by Gasteiger charge is -2.03. The molecule has 0 fully saturated rings. The summed E-state index contributed by atoms with van der Waals surface area (Å²) in [7, 11) is 0. The summed E-state index contributed by atoms with van der Waals surface area (Å²) in [5.74, 6) is 1.17. The molecule has 21 heavy (non-hydrogen) atoms. The number of aryl methyl sites for hydroxylation is 1. The first-order valence-corrected chi connectivity index (χ1v) is 6.90. The van der Waals surface area contributed by atoms with Crippen LogP contribution in [0.2, 0.25) is 5.15 Å². The minimum absolute atomic E-state index is 0.442. The fraction of sp³-hybridized carbons (Fsp3) is 0.133. The molecule has 0 radical (unpaired) electrons. The second-order valence-corrected chi connectivity index (χ2v) is 5.31. The Balaban J connectivity index is 2.02. The second-order valence-electron chi connectivity index (χ2n) is 4.95. The molecule has 0 unspecified atom stereocenters. The SMILES string of the molecule is Cc1c(Cl)nn2c(-c3cc4ccccc4o3)nnc2c1C. The van der Waals surface area contributed by atoms with Crippen molar-refractivity contribution in [1.82, 2.24) is 19.8 Å². The summed E-state index contributed by atoms with van der Waals surface area (Å²) in [6.45, 7) is 3.87. The fourth-order valence-corrected chi connectivity index (χ4v) is 2.56. The Labute approximate surface area is 125 Å². The Kier molecular flexibility index (Phi) is 2.53. The van der Waals surface area contributed by atoms with Crippen LogP contribution in [0, 0.1) is 13.8 Å². The molecule has 6 heteroatoms. The van der Waals surface area contributed by atoms with Gasteiger partial charge in [-0.2, -0.15) is 9.61 Å². The van der Waals surface area contributed by atoms with Crippen LogP contribution in [0.1, 0.15) is 11.1 Å². The van der Waals surface area contributed by atoms with E-state index >= 15 is 0 Å². The molecule has 3 heterocycles. The number of benzene rings is 1. The van der Waals surface area contributed by atoms with Crippen LogP contribution >= 0.6 is 11.6 Å². The van der Waals surface area contributed by atoms with Gasteiger partial charge in [0.05, 0.1) is 0 Å². The Bertz CT molecular complexity index is 953. The van der Waals surface area contributed by atoms with E-state index in [9.17, 15) is 0 Å². The van der Waals surface area contributed by atoms with Crippen LogP contribution in [0.3, 0.4) is 0 Å². The first kappa shape index (κ1) is 12.3. The van der Waals surface area contributed by atoms with Crippen LogP contribution in [-0.4, -0.2) is 19.8 Å². The first-order chi connectivity index (χ1) is 10.1. The van der Waals surface area contributed by atoms with Crippen LogP contribution in [-0.2, 0) is 0 Å². The Morgan fingerprint density at radius 3 is 2.71 bits per heavy atom. The molecule has 0 saturated carbocycles. The van der Waals surface area contributed by atoms with Crippen molar-refractivity contribution in [2.75, 3.05) is 0 Å². The quantitative estimate of drug-likeness (QED) is 0.536. The van der Waals surface area contributed by atoms with Crippen LogP contribution in [0.4, 0.5) is 0 Å². The summed E-state index contributed by atoms with van der Waals surface area (Å²) in [5.41, 5.74) is 3.36. The molecule has 5 nitrogen and oxygen atoms in total. The highest BCUT2D eigenvalue weighted by Crippen LogP contribution is 2.28. The molecule has 0 bridgehead atoms. The molecule has 0 amide bonds. The Morgan fingerprint density at radius 1 is 1.10 bits per heavy atom. The third kappa shape index (κ3) is 1.74. The van der Waals surface area contributed by atoms with Gasteiger partial charge in [0.2, 0.25) is 5.82 Å². The van der Waals surface area contributed by atoms with Gasteiger partial charge in [-0.25, -0.2) is 0 Å². The number of furan rings is 1. The van der Waals surface area contributed by atoms with Crippen LogP contribution < -0.4 is 0 Å². The molecule has 0 aliphatic carbocycles. The first-order valence-electron chi connectivity index (χ1n) is 6.52. The normalized spacial score (nSPS) is 11.6. The van der Waals surface area contributed by atoms with Crippen molar-refractivity contribution in [2.45, 2.75) is 13.8 Å². The number of halogens is 1. The minimum atomic E-state index is 0.442. The molecule has 1 aromatic carbocycles. The van der Waals surface area contributed by atoms with E-state index < -0.39 is 0 Å². The Morgan fingerprint density at radius 2 is 1.90 bits per heavy atom. The zero-order chi connectivity index (χ0) is 14.6. The van der Waals surface area contributed by atoms with Gasteiger partial charge in [0.25, 0.3) is 0 Å². The average molecular weight is 299 g/mol. The zero-order valence-electron chi connectivity index (χ0n) is 11.5. The molecule has 0 aliphatic heterocycles. The van der Waals surface area contributed by atoms with E-state index in [-0.39, 0.29) is 0 Å². The zero-order valence-corrected chi connectivity index (χ0v) is 12.2. The minimum Gasteiger partial charge on any atom is -0.453 e. The van der Waals surface area contributed by atoms with Crippen LogP contribution in [0.15, 0.2) is 34.7 Å². The summed E-state index contributed by atoms with van der Waals surface area (Å²) in [5, 5.41) is 14.2. The summed E-state index contributed by atoms with van der Waals surface area (Å²) >= 11 is 6.17. The van der Waals surface area contributed by atoms with Crippen molar-refractivity contribution >= 4 is 28.2 Å². The summed E-state index contributed by atoms with van der Waals surface area (Å²) in [6, 6.07) is 9.72. The van der Waals surface area contributed by atoms with E-state index in [1.54, 1.807) is 4.52 Å². The van der Waals surface area contributed by atoms with Gasteiger partial charge in [-0.15, -0.1) is 10.2 Å². The van der Waals surface area contributed by atoms with E-state index in [0.717, 1.165) is 22.1 Å². The molecule has 4 rings (SSSR count). The molecular formula is C15H11ClN4O. The molecule has 0 saturated heterocycles. The van der Waals surface area contributed by atoms with E-state index in [1.807, 2.05) is 44.2 Å². The number of hydrogen-bond donors (Lipinski definition) is 0. The standard InChI is InChI=1S/C15H11ClN4O/c1-8-9(2)14-17-18-15(20(14)19-13(8)16)12-7-10-5-3-4-6-11(10)21-12/h3-7H,1-2H3. The van der Waals surface area contributed by atoms with Crippen molar-refractivity contribution in [1.29, 1.82) is 0 Å². The van der Waals surface area contributed by atoms with Gasteiger partial charge in [0.1, 0.15) is 5.58 Å². The van der Waals surface area contributed by atoms with Gasteiger partial charge in [-0.05, 0) is 31.5 Å². The largest absolute Gasteiger partial charge is 0.453 e. The number of para-hydroxylation sites is 1. The van der Waals surface area contributed by atoms with Crippen molar-refractivity contribution in [3.8, 4) is 11.6 Å². The highest BCUT2D eigenvalue weighted by molar-refractivity contribution is 6.30. The molecule has 0 spiro atoms. The van der Waals surface area contributed by atoms with Gasteiger partial charge in [-0.3, -0.25) is 0 Å². The second kappa shape index (κ2) is 4.30. The summed E-state index contributed by atoms with van der Waals surface area (Å²) in [6.07, 6.45) is 0. The number of aromatic nitrogens is 4. The van der Waals surface area contributed by atoms with Gasteiger partial charge in [-0.1, -0.05) is 29.8 Å². The maximum Gasteiger partial charge on any atom is 0.220 e. The third-order valence-corrected chi connectivity index (χ3v) is 4.04. The predicted octanol–water partition coefficient (Wildman–Crippen LogP) is 3.81.